The molecule has 0 radical (unpaired) electrons. The van der Waals surface area contributed by atoms with E-state index in [2.05, 4.69) is 17.5 Å². The molecule has 1 aromatic rings. The van der Waals surface area contributed by atoms with Gasteiger partial charge in [-0.1, -0.05) is 18.2 Å². The number of halogens is 3. The second-order valence-corrected chi connectivity index (χ2v) is 3.31. The van der Waals surface area contributed by atoms with Gasteiger partial charge in [-0.25, -0.2) is 0 Å². The zero-order chi connectivity index (χ0) is 11.5. The minimum absolute atomic E-state index is 0.0213. The van der Waals surface area contributed by atoms with Crippen molar-refractivity contribution in [2.45, 2.75) is 12.7 Å². The first-order valence-corrected chi connectivity index (χ1v) is 4.50. The van der Waals surface area contributed by atoms with Gasteiger partial charge in [0.05, 0.1) is 5.56 Å². The first-order valence-electron chi connectivity index (χ1n) is 4.09. The number of alkyl halides is 3. The highest BCUT2D eigenvalue weighted by Gasteiger charge is 2.32. The van der Waals surface area contributed by atoms with Crippen molar-refractivity contribution in [2.75, 3.05) is 0 Å². The maximum atomic E-state index is 12.5. The van der Waals surface area contributed by atoms with Crippen molar-refractivity contribution in [3.05, 3.63) is 35.4 Å². The zero-order valence-electron chi connectivity index (χ0n) is 7.64. The highest BCUT2D eigenvalue weighted by atomic mass is 32.1. The van der Waals surface area contributed by atoms with Crippen LogP contribution in [0.4, 0.5) is 13.2 Å². The quantitative estimate of drug-likeness (QED) is 0.769. The third-order valence-electron chi connectivity index (χ3n) is 1.78. The molecule has 0 saturated carbocycles. The second kappa shape index (κ2) is 4.48. The molecule has 3 N–H and O–H groups in total. The van der Waals surface area contributed by atoms with Crippen LogP contribution in [0.1, 0.15) is 11.1 Å². The fraction of sp³-hybridized carbons (Fsp3) is 0.222. The van der Waals surface area contributed by atoms with Crippen molar-refractivity contribution in [1.29, 1.82) is 0 Å². The van der Waals surface area contributed by atoms with Gasteiger partial charge in [-0.15, -0.1) is 0 Å². The van der Waals surface area contributed by atoms with Crippen LogP contribution in [-0.2, 0) is 12.7 Å². The minimum Gasteiger partial charge on any atom is -0.376 e. The van der Waals surface area contributed by atoms with Gasteiger partial charge in [-0.2, -0.15) is 13.2 Å². The average molecular weight is 234 g/mol. The molecule has 0 bridgehead atoms. The standard InChI is InChI=1S/C9H9F3N2S/c10-9(11,12)7-4-2-1-3-6(7)5-14-8(13)15/h1-4H,5H2,(H3,13,14,15). The first kappa shape index (κ1) is 11.8. The summed E-state index contributed by atoms with van der Waals surface area (Å²) in [6, 6.07) is 5.28. The van der Waals surface area contributed by atoms with E-state index in [-0.39, 0.29) is 17.2 Å². The average Bonchev–Trinajstić information content (AvgIpc) is 2.13. The Hall–Kier alpha value is -1.30. The Bertz CT molecular complexity index is 363. The van der Waals surface area contributed by atoms with E-state index in [1.54, 1.807) is 0 Å². The van der Waals surface area contributed by atoms with Crippen LogP contribution in [0, 0.1) is 0 Å². The summed E-state index contributed by atoms with van der Waals surface area (Å²) in [7, 11) is 0. The SMILES string of the molecule is NC(=S)NCc1ccccc1C(F)(F)F. The summed E-state index contributed by atoms with van der Waals surface area (Å²) >= 11 is 4.52. The number of rotatable bonds is 2. The Morgan fingerprint density at radius 2 is 1.93 bits per heavy atom. The number of nitrogens with one attached hydrogen (secondary N) is 1. The summed E-state index contributed by atoms with van der Waals surface area (Å²) in [6.45, 7) is -0.0228. The molecule has 0 saturated heterocycles. The summed E-state index contributed by atoms with van der Waals surface area (Å²) in [5, 5.41) is 2.46. The third-order valence-corrected chi connectivity index (χ3v) is 1.92. The molecule has 2 nitrogen and oxygen atoms in total. The van der Waals surface area contributed by atoms with Gasteiger partial charge in [0, 0.05) is 6.54 Å². The van der Waals surface area contributed by atoms with E-state index in [1.807, 2.05) is 0 Å². The summed E-state index contributed by atoms with van der Waals surface area (Å²) < 4.78 is 37.4. The molecule has 0 aliphatic heterocycles. The lowest BCUT2D eigenvalue weighted by atomic mass is 10.1. The largest absolute Gasteiger partial charge is 0.416 e. The highest BCUT2D eigenvalue weighted by molar-refractivity contribution is 7.80. The molecule has 0 amide bonds. The van der Waals surface area contributed by atoms with Gasteiger partial charge in [-0.05, 0) is 23.8 Å². The van der Waals surface area contributed by atoms with Crippen LogP contribution in [-0.4, -0.2) is 5.11 Å². The van der Waals surface area contributed by atoms with Crippen molar-refractivity contribution < 1.29 is 13.2 Å². The predicted molar refractivity (Wildman–Crippen MR) is 55.1 cm³/mol. The van der Waals surface area contributed by atoms with Gasteiger partial charge in [0.2, 0.25) is 0 Å². The van der Waals surface area contributed by atoms with Crippen LogP contribution in [0.3, 0.4) is 0 Å². The number of hydrogen-bond acceptors (Lipinski definition) is 1. The molecule has 0 unspecified atom stereocenters. The van der Waals surface area contributed by atoms with Gasteiger partial charge in [0.1, 0.15) is 0 Å². The molecular weight excluding hydrogens is 225 g/mol. The van der Waals surface area contributed by atoms with E-state index in [0.29, 0.717) is 0 Å². The lowest BCUT2D eigenvalue weighted by molar-refractivity contribution is -0.138. The van der Waals surface area contributed by atoms with Crippen molar-refractivity contribution in [3.63, 3.8) is 0 Å². The summed E-state index contributed by atoms with van der Waals surface area (Å²) in [4.78, 5) is 0. The molecule has 0 fully saturated rings. The summed E-state index contributed by atoms with van der Waals surface area (Å²) in [5.74, 6) is 0. The Labute approximate surface area is 90.3 Å². The summed E-state index contributed by atoms with van der Waals surface area (Å²) in [6.07, 6.45) is -4.35. The van der Waals surface area contributed by atoms with Crippen LogP contribution in [0.2, 0.25) is 0 Å². The van der Waals surface area contributed by atoms with E-state index in [1.165, 1.54) is 18.2 Å². The van der Waals surface area contributed by atoms with E-state index < -0.39 is 11.7 Å². The fourth-order valence-electron chi connectivity index (χ4n) is 1.13. The molecule has 0 aromatic heterocycles. The van der Waals surface area contributed by atoms with E-state index >= 15 is 0 Å². The number of thiocarbonyl (C=S) groups is 1. The minimum atomic E-state index is -4.35. The molecule has 0 aliphatic rings. The Kier molecular flexibility index (Phi) is 3.52. The molecule has 0 atom stereocenters. The molecule has 1 aromatic carbocycles. The lowest BCUT2D eigenvalue weighted by Crippen LogP contribution is -2.29. The lowest BCUT2D eigenvalue weighted by Gasteiger charge is -2.12. The number of hydrogen-bond donors (Lipinski definition) is 2. The van der Waals surface area contributed by atoms with Gasteiger partial charge in [-0.3, -0.25) is 0 Å². The van der Waals surface area contributed by atoms with Crippen LogP contribution in [0.15, 0.2) is 24.3 Å². The van der Waals surface area contributed by atoms with Crippen LogP contribution in [0.5, 0.6) is 0 Å². The summed E-state index contributed by atoms with van der Waals surface area (Å²) in [5.41, 5.74) is 4.59. The fourth-order valence-corrected chi connectivity index (χ4v) is 1.21. The van der Waals surface area contributed by atoms with E-state index in [9.17, 15) is 13.2 Å². The maximum absolute atomic E-state index is 12.5. The normalized spacial score (nSPS) is 11.1. The van der Waals surface area contributed by atoms with Crippen LogP contribution < -0.4 is 11.1 Å². The third kappa shape index (κ3) is 3.39. The first-order chi connectivity index (χ1) is 6.91. The monoisotopic (exact) mass is 234 g/mol. The van der Waals surface area contributed by atoms with Crippen molar-refractivity contribution >= 4 is 17.3 Å². The van der Waals surface area contributed by atoms with Crippen molar-refractivity contribution in [3.8, 4) is 0 Å². The predicted octanol–water partition coefficient (Wildman–Crippen LogP) is 2.04. The van der Waals surface area contributed by atoms with Crippen molar-refractivity contribution in [2.24, 2.45) is 5.73 Å². The van der Waals surface area contributed by atoms with Crippen LogP contribution >= 0.6 is 12.2 Å². The van der Waals surface area contributed by atoms with Gasteiger partial charge in [0.15, 0.2) is 5.11 Å². The Balaban J connectivity index is 2.92. The molecule has 0 aliphatic carbocycles. The molecule has 15 heavy (non-hydrogen) atoms. The van der Waals surface area contributed by atoms with Gasteiger partial charge >= 0.3 is 6.18 Å². The Morgan fingerprint density at radius 3 is 2.47 bits per heavy atom. The molecule has 0 spiro atoms. The second-order valence-electron chi connectivity index (χ2n) is 2.87. The highest BCUT2D eigenvalue weighted by Crippen LogP contribution is 2.31. The van der Waals surface area contributed by atoms with Crippen LogP contribution in [0.25, 0.3) is 0 Å². The smallest absolute Gasteiger partial charge is 0.376 e. The van der Waals surface area contributed by atoms with Gasteiger partial charge in [0.25, 0.3) is 0 Å². The zero-order valence-corrected chi connectivity index (χ0v) is 8.45. The van der Waals surface area contributed by atoms with E-state index in [4.69, 9.17) is 5.73 Å². The topological polar surface area (TPSA) is 38.0 Å². The molecule has 0 heterocycles. The maximum Gasteiger partial charge on any atom is 0.416 e. The molecule has 1 rings (SSSR count). The molecule has 82 valence electrons. The number of benzene rings is 1. The number of nitrogens with two attached hydrogens (primary N) is 1. The van der Waals surface area contributed by atoms with Gasteiger partial charge < -0.3 is 11.1 Å². The molecular formula is C9H9F3N2S. The Morgan fingerprint density at radius 1 is 1.33 bits per heavy atom. The molecule has 6 heteroatoms. The van der Waals surface area contributed by atoms with E-state index in [0.717, 1.165) is 6.07 Å². The van der Waals surface area contributed by atoms with Crippen molar-refractivity contribution in [1.82, 2.24) is 5.32 Å².